The summed E-state index contributed by atoms with van der Waals surface area (Å²) < 4.78 is 5.38. The summed E-state index contributed by atoms with van der Waals surface area (Å²) in [5.74, 6) is 0.130. The van der Waals surface area contributed by atoms with Crippen molar-refractivity contribution in [3.05, 3.63) is 0 Å². The van der Waals surface area contributed by atoms with Gasteiger partial charge >= 0.3 is 0 Å². The van der Waals surface area contributed by atoms with Crippen molar-refractivity contribution in [2.24, 2.45) is 0 Å². The summed E-state index contributed by atoms with van der Waals surface area (Å²) >= 11 is 0. The van der Waals surface area contributed by atoms with Crippen LogP contribution in [0.25, 0.3) is 0 Å². The van der Waals surface area contributed by atoms with Crippen molar-refractivity contribution < 1.29 is 9.53 Å². The van der Waals surface area contributed by atoms with E-state index in [0.717, 1.165) is 65.4 Å². The van der Waals surface area contributed by atoms with E-state index in [1.165, 1.54) is 0 Å². The second-order valence-corrected chi connectivity index (χ2v) is 7.39. The van der Waals surface area contributed by atoms with Gasteiger partial charge in [-0.3, -0.25) is 14.6 Å². The Kier molecular flexibility index (Phi) is 6.83. The third-order valence-corrected chi connectivity index (χ3v) is 5.37. The Morgan fingerprint density at radius 2 is 1.74 bits per heavy atom. The van der Waals surface area contributed by atoms with E-state index in [4.69, 9.17) is 4.74 Å². The predicted octanol–water partition coefficient (Wildman–Crippen LogP) is 0.239. The molecule has 0 aromatic heterocycles. The number of amides is 1. The highest BCUT2D eigenvalue weighted by atomic mass is 16.5. The number of piperazine rings is 1. The van der Waals surface area contributed by atoms with Crippen molar-refractivity contribution >= 4 is 5.91 Å². The minimum absolute atomic E-state index is 0.130. The van der Waals surface area contributed by atoms with Crippen molar-refractivity contribution in [1.29, 1.82) is 0 Å². The molecule has 0 spiro atoms. The largest absolute Gasteiger partial charge is 0.379 e. The van der Waals surface area contributed by atoms with Crippen molar-refractivity contribution in [2.75, 3.05) is 66.1 Å². The molecule has 2 saturated heterocycles. The van der Waals surface area contributed by atoms with Gasteiger partial charge in [0, 0.05) is 51.9 Å². The molecule has 2 rings (SSSR count). The van der Waals surface area contributed by atoms with Crippen molar-refractivity contribution in [3.8, 4) is 0 Å². The van der Waals surface area contributed by atoms with Crippen LogP contribution < -0.4 is 5.32 Å². The van der Waals surface area contributed by atoms with Gasteiger partial charge in [-0.2, -0.15) is 0 Å². The Morgan fingerprint density at radius 3 is 2.35 bits per heavy atom. The van der Waals surface area contributed by atoms with Crippen LogP contribution in [0.15, 0.2) is 0 Å². The Bertz CT molecular complexity index is 375. The summed E-state index contributed by atoms with van der Waals surface area (Å²) in [6.07, 6.45) is 1.01. The van der Waals surface area contributed by atoms with E-state index >= 15 is 0 Å². The van der Waals surface area contributed by atoms with Gasteiger partial charge < -0.3 is 15.0 Å². The van der Waals surface area contributed by atoms with E-state index < -0.39 is 5.54 Å². The van der Waals surface area contributed by atoms with E-state index in [0.29, 0.717) is 6.04 Å². The first-order valence-electron chi connectivity index (χ1n) is 8.95. The number of morpholine rings is 1. The number of carbonyl (C=O) groups excluding carboxylic acids is 1. The highest BCUT2D eigenvalue weighted by molar-refractivity contribution is 5.85. The molecule has 0 radical (unpaired) electrons. The normalized spacial score (nSPS) is 23.7. The fourth-order valence-corrected chi connectivity index (χ4v) is 3.32. The number of likely N-dealkylation sites (N-methyl/N-ethyl adjacent to an activating group) is 1. The SMILES string of the molecule is CC(CCNC(=O)C(C)(C)N1CCOCC1)N1CCN(C)CC1. The number of nitrogens with zero attached hydrogens (tertiary/aromatic N) is 3. The standard InChI is InChI=1S/C17H34N4O2/c1-15(20-9-7-19(4)8-10-20)5-6-18-16(22)17(2,3)21-11-13-23-14-12-21/h15H,5-14H2,1-4H3,(H,18,22). The van der Waals surface area contributed by atoms with Crippen LogP contribution in [-0.2, 0) is 9.53 Å². The first-order chi connectivity index (χ1) is 10.9. The van der Waals surface area contributed by atoms with E-state index in [1.54, 1.807) is 0 Å². The molecule has 6 heteroatoms. The molecule has 23 heavy (non-hydrogen) atoms. The first kappa shape index (κ1) is 18.6. The third kappa shape index (κ3) is 5.14. The molecule has 0 aromatic carbocycles. The van der Waals surface area contributed by atoms with Crippen LogP contribution in [-0.4, -0.2) is 98.3 Å². The van der Waals surface area contributed by atoms with Crippen LogP contribution >= 0.6 is 0 Å². The maximum Gasteiger partial charge on any atom is 0.239 e. The Hall–Kier alpha value is -0.690. The molecule has 1 amide bonds. The quantitative estimate of drug-likeness (QED) is 0.758. The van der Waals surface area contributed by atoms with Gasteiger partial charge in [0.05, 0.1) is 18.8 Å². The summed E-state index contributed by atoms with van der Waals surface area (Å²) in [6, 6.07) is 0.524. The van der Waals surface area contributed by atoms with Gasteiger partial charge in [-0.15, -0.1) is 0 Å². The third-order valence-electron chi connectivity index (χ3n) is 5.37. The zero-order valence-electron chi connectivity index (χ0n) is 15.3. The van der Waals surface area contributed by atoms with Gasteiger partial charge in [-0.1, -0.05) is 0 Å². The molecular weight excluding hydrogens is 292 g/mol. The number of carbonyl (C=O) groups is 1. The second-order valence-electron chi connectivity index (χ2n) is 7.39. The van der Waals surface area contributed by atoms with Gasteiger partial charge in [0.1, 0.15) is 0 Å². The molecule has 1 N–H and O–H groups in total. The zero-order chi connectivity index (χ0) is 16.9. The van der Waals surface area contributed by atoms with Crippen LogP contribution in [0.5, 0.6) is 0 Å². The van der Waals surface area contributed by atoms with Gasteiger partial charge in [0.25, 0.3) is 0 Å². The van der Waals surface area contributed by atoms with Crippen LogP contribution in [0.1, 0.15) is 27.2 Å². The van der Waals surface area contributed by atoms with Crippen LogP contribution in [0.3, 0.4) is 0 Å². The fourth-order valence-electron chi connectivity index (χ4n) is 3.32. The smallest absolute Gasteiger partial charge is 0.239 e. The molecule has 1 unspecified atom stereocenters. The van der Waals surface area contributed by atoms with Crippen LogP contribution in [0.4, 0.5) is 0 Å². The molecule has 0 bridgehead atoms. The average molecular weight is 326 g/mol. The van der Waals surface area contributed by atoms with Crippen LogP contribution in [0, 0.1) is 0 Å². The summed E-state index contributed by atoms with van der Waals surface area (Å²) in [4.78, 5) is 19.7. The van der Waals surface area contributed by atoms with E-state index in [1.807, 2.05) is 13.8 Å². The monoisotopic (exact) mass is 326 g/mol. The molecule has 2 fully saturated rings. The van der Waals surface area contributed by atoms with Crippen molar-refractivity contribution in [2.45, 2.75) is 38.8 Å². The Balaban J connectivity index is 1.71. The number of ether oxygens (including phenoxy) is 1. The van der Waals surface area contributed by atoms with E-state index in [9.17, 15) is 4.79 Å². The van der Waals surface area contributed by atoms with Crippen LogP contribution in [0.2, 0.25) is 0 Å². The lowest BCUT2D eigenvalue weighted by molar-refractivity contribution is -0.134. The number of nitrogens with one attached hydrogen (secondary N) is 1. The minimum Gasteiger partial charge on any atom is -0.379 e. The highest BCUT2D eigenvalue weighted by Gasteiger charge is 2.35. The molecule has 2 heterocycles. The predicted molar refractivity (Wildman–Crippen MR) is 92.6 cm³/mol. The molecule has 6 nitrogen and oxygen atoms in total. The lowest BCUT2D eigenvalue weighted by Crippen LogP contribution is -2.58. The van der Waals surface area contributed by atoms with E-state index in [2.05, 4.69) is 34.0 Å². The lowest BCUT2D eigenvalue weighted by atomic mass is 10.0. The van der Waals surface area contributed by atoms with E-state index in [-0.39, 0.29) is 5.91 Å². The number of hydrogen-bond acceptors (Lipinski definition) is 5. The summed E-state index contributed by atoms with van der Waals surface area (Å²) in [5, 5.41) is 3.14. The average Bonchev–Trinajstić information content (AvgIpc) is 2.56. The minimum atomic E-state index is -0.457. The summed E-state index contributed by atoms with van der Waals surface area (Å²) in [5.41, 5.74) is -0.457. The fraction of sp³-hybridized carbons (Fsp3) is 0.941. The number of rotatable bonds is 6. The van der Waals surface area contributed by atoms with Gasteiger partial charge in [-0.25, -0.2) is 0 Å². The molecule has 1 atom stereocenters. The van der Waals surface area contributed by atoms with Crippen molar-refractivity contribution in [3.63, 3.8) is 0 Å². The molecule has 0 saturated carbocycles. The molecule has 2 aliphatic heterocycles. The topological polar surface area (TPSA) is 48.1 Å². The van der Waals surface area contributed by atoms with Gasteiger partial charge in [-0.05, 0) is 34.2 Å². The van der Waals surface area contributed by atoms with Crippen molar-refractivity contribution in [1.82, 2.24) is 20.0 Å². The molecule has 0 aliphatic carbocycles. The Morgan fingerprint density at radius 1 is 1.13 bits per heavy atom. The first-order valence-corrected chi connectivity index (χ1v) is 8.95. The maximum absolute atomic E-state index is 12.6. The van der Waals surface area contributed by atoms with Gasteiger partial charge in [0.2, 0.25) is 5.91 Å². The number of hydrogen-bond donors (Lipinski definition) is 1. The summed E-state index contributed by atoms with van der Waals surface area (Å²) in [7, 11) is 2.18. The van der Waals surface area contributed by atoms with Gasteiger partial charge in [0.15, 0.2) is 0 Å². The summed E-state index contributed by atoms with van der Waals surface area (Å²) in [6.45, 7) is 14.7. The second kappa shape index (κ2) is 8.42. The molecule has 0 aromatic rings. The molecule has 134 valence electrons. The Labute approximate surface area is 141 Å². The molecular formula is C17H34N4O2. The highest BCUT2D eigenvalue weighted by Crippen LogP contribution is 2.16. The zero-order valence-corrected chi connectivity index (χ0v) is 15.3. The lowest BCUT2D eigenvalue weighted by Gasteiger charge is -2.39. The maximum atomic E-state index is 12.6. The molecule has 2 aliphatic rings.